The third-order valence-electron chi connectivity index (χ3n) is 7.19. The Morgan fingerprint density at radius 2 is 1.84 bits per heavy atom. The van der Waals surface area contributed by atoms with Gasteiger partial charge in [0.2, 0.25) is 0 Å². The molecule has 0 unspecified atom stereocenters. The number of rotatable bonds is 8. The summed E-state index contributed by atoms with van der Waals surface area (Å²) in [6.45, 7) is 4.16. The molecule has 0 saturated carbocycles. The number of nitrogens with one attached hydrogen (secondary N) is 1. The Bertz CT molecular complexity index is 2150. The summed E-state index contributed by atoms with van der Waals surface area (Å²) in [6.07, 6.45) is 1.61. The van der Waals surface area contributed by atoms with Gasteiger partial charge in [0.15, 0.2) is 4.80 Å². The van der Waals surface area contributed by atoms with Gasteiger partial charge < -0.3 is 19.6 Å². The van der Waals surface area contributed by atoms with Gasteiger partial charge >= 0.3 is 5.97 Å². The predicted octanol–water partition coefficient (Wildman–Crippen LogP) is 5.88. The molecule has 0 aliphatic carbocycles. The summed E-state index contributed by atoms with van der Waals surface area (Å²) in [4.78, 5) is 44.4. The fourth-order valence-corrected chi connectivity index (χ4v) is 6.34. The fourth-order valence-electron chi connectivity index (χ4n) is 5.12. The molecular formula is C34H26ClN3O6S. The zero-order valence-electron chi connectivity index (χ0n) is 24.1. The summed E-state index contributed by atoms with van der Waals surface area (Å²) in [6, 6.07) is 23.6. The van der Waals surface area contributed by atoms with Crippen LogP contribution in [0.15, 0.2) is 110 Å². The van der Waals surface area contributed by atoms with Crippen molar-refractivity contribution in [3.05, 3.63) is 138 Å². The number of aromatic carboxylic acids is 1. The fraction of sp³-hybridized carbons (Fsp3) is 0.118. The van der Waals surface area contributed by atoms with Gasteiger partial charge in [-0.25, -0.2) is 9.79 Å². The minimum atomic E-state index is -1.15. The summed E-state index contributed by atoms with van der Waals surface area (Å²) in [5.41, 5.74) is 2.32. The monoisotopic (exact) mass is 639 g/mol. The van der Waals surface area contributed by atoms with Crippen LogP contribution in [-0.2, 0) is 4.79 Å². The van der Waals surface area contributed by atoms with E-state index in [1.54, 1.807) is 43.3 Å². The highest BCUT2D eigenvalue weighted by atomic mass is 35.5. The molecule has 0 saturated heterocycles. The molecule has 0 spiro atoms. The molecule has 5 aromatic rings. The molecule has 1 atom stereocenters. The van der Waals surface area contributed by atoms with Crippen molar-refractivity contribution >= 4 is 46.6 Å². The number of anilines is 1. The molecule has 2 N–H and O–H groups in total. The lowest BCUT2D eigenvalue weighted by Crippen LogP contribution is -2.40. The number of carbonyl (C=O) groups is 2. The number of ether oxygens (including phenoxy) is 1. The van der Waals surface area contributed by atoms with Crippen LogP contribution in [0.25, 0.3) is 17.4 Å². The number of amides is 1. The number of carbonyl (C=O) groups excluding carboxylic acids is 1. The van der Waals surface area contributed by atoms with E-state index in [4.69, 9.17) is 20.8 Å². The number of aromatic nitrogens is 1. The number of para-hydroxylation sites is 1. The number of furan rings is 1. The molecule has 2 aromatic heterocycles. The van der Waals surface area contributed by atoms with E-state index in [1.807, 2.05) is 49.4 Å². The quantitative estimate of drug-likeness (QED) is 0.218. The molecule has 3 heterocycles. The number of hydrogen-bond donors (Lipinski definition) is 2. The summed E-state index contributed by atoms with van der Waals surface area (Å²) in [7, 11) is 0. The van der Waals surface area contributed by atoms with Crippen molar-refractivity contribution in [2.75, 3.05) is 11.9 Å². The lowest BCUT2D eigenvalue weighted by Gasteiger charge is -2.25. The molecule has 1 aliphatic heterocycles. The maximum absolute atomic E-state index is 14.0. The van der Waals surface area contributed by atoms with E-state index < -0.39 is 12.0 Å². The molecule has 0 fully saturated rings. The van der Waals surface area contributed by atoms with Crippen LogP contribution in [0.4, 0.5) is 5.69 Å². The summed E-state index contributed by atoms with van der Waals surface area (Å²) < 4.78 is 13.5. The molecule has 9 nitrogen and oxygen atoms in total. The van der Waals surface area contributed by atoms with Crippen LogP contribution in [0, 0.1) is 0 Å². The van der Waals surface area contributed by atoms with Crippen molar-refractivity contribution in [1.29, 1.82) is 0 Å². The number of allylic oxidation sites excluding steroid dienone is 1. The first-order valence-corrected chi connectivity index (χ1v) is 15.2. The normalized spacial score (nSPS) is 14.6. The van der Waals surface area contributed by atoms with Crippen molar-refractivity contribution in [2.24, 2.45) is 4.99 Å². The van der Waals surface area contributed by atoms with Crippen LogP contribution in [-0.4, -0.2) is 28.2 Å². The Morgan fingerprint density at radius 3 is 2.56 bits per heavy atom. The first-order valence-electron chi connectivity index (χ1n) is 14.0. The van der Waals surface area contributed by atoms with Crippen LogP contribution in [0.2, 0.25) is 5.02 Å². The van der Waals surface area contributed by atoms with Crippen LogP contribution in [0.3, 0.4) is 0 Å². The maximum atomic E-state index is 14.0. The number of benzene rings is 3. The molecule has 6 rings (SSSR count). The minimum absolute atomic E-state index is 0.0443. The second-order valence-electron chi connectivity index (χ2n) is 10.1. The standard InChI is InChI=1S/C34H26ClN3O6S/c1-3-43-23-12-9-20(10-13-23)30-29(31(39)37-22-7-5-4-6-8-22)19(2)36-34-38(30)32(40)28(45-34)18-24-14-16-27(44-24)21-11-15-26(35)25(17-21)33(41)42/h4-18,30H,3H2,1-2H3,(H,37,39)(H,41,42)/b28-18-/t30-/m1/s1. The molecule has 3 aromatic carbocycles. The van der Waals surface area contributed by atoms with Crippen molar-refractivity contribution in [3.63, 3.8) is 0 Å². The zero-order chi connectivity index (χ0) is 31.7. The van der Waals surface area contributed by atoms with Gasteiger partial charge in [0, 0.05) is 17.3 Å². The number of carboxylic acids is 1. The average Bonchev–Trinajstić information content (AvgIpc) is 3.61. The maximum Gasteiger partial charge on any atom is 0.337 e. The molecule has 11 heteroatoms. The van der Waals surface area contributed by atoms with Gasteiger partial charge in [-0.15, -0.1) is 0 Å². The van der Waals surface area contributed by atoms with Crippen LogP contribution < -0.4 is 24.9 Å². The molecule has 0 bridgehead atoms. The van der Waals surface area contributed by atoms with Crippen molar-refractivity contribution < 1.29 is 23.8 Å². The van der Waals surface area contributed by atoms with E-state index in [2.05, 4.69) is 10.3 Å². The second-order valence-corrected chi connectivity index (χ2v) is 11.5. The summed E-state index contributed by atoms with van der Waals surface area (Å²) in [5.74, 6) is -0.0398. The Hall–Kier alpha value is -5.19. The molecule has 226 valence electrons. The largest absolute Gasteiger partial charge is 0.494 e. The SMILES string of the molecule is CCOc1ccc([C@@H]2C(C(=O)Nc3ccccc3)=C(C)N=c3s/c(=C\c4ccc(-c5ccc(Cl)c(C(=O)O)c5)o4)c(=O)n32)cc1. The first-order chi connectivity index (χ1) is 21.7. The molecule has 1 amide bonds. The Kier molecular flexibility index (Phi) is 8.25. The second kappa shape index (κ2) is 12.4. The number of fused-ring (bicyclic) bond motifs is 1. The number of carboxylic acid groups (broad SMARTS) is 1. The van der Waals surface area contributed by atoms with Crippen molar-refractivity contribution in [2.45, 2.75) is 19.9 Å². The van der Waals surface area contributed by atoms with E-state index in [9.17, 15) is 19.5 Å². The third kappa shape index (κ3) is 5.98. The van der Waals surface area contributed by atoms with E-state index >= 15 is 0 Å². The highest BCUT2D eigenvalue weighted by molar-refractivity contribution is 7.07. The van der Waals surface area contributed by atoms with Gasteiger partial charge in [-0.2, -0.15) is 0 Å². The van der Waals surface area contributed by atoms with Crippen molar-refractivity contribution in [1.82, 2.24) is 4.57 Å². The molecular weight excluding hydrogens is 614 g/mol. The summed E-state index contributed by atoms with van der Waals surface area (Å²) in [5, 5.41) is 12.5. The zero-order valence-corrected chi connectivity index (χ0v) is 25.7. The van der Waals surface area contributed by atoms with Crippen LogP contribution >= 0.6 is 22.9 Å². The predicted molar refractivity (Wildman–Crippen MR) is 173 cm³/mol. The average molecular weight is 640 g/mol. The highest BCUT2D eigenvalue weighted by Gasteiger charge is 2.32. The van der Waals surface area contributed by atoms with E-state index in [0.717, 1.165) is 5.56 Å². The van der Waals surface area contributed by atoms with Crippen molar-refractivity contribution in [3.8, 4) is 17.1 Å². The Labute approximate surface area is 266 Å². The minimum Gasteiger partial charge on any atom is -0.494 e. The number of hydrogen-bond acceptors (Lipinski definition) is 7. The third-order valence-corrected chi connectivity index (χ3v) is 8.50. The van der Waals surface area contributed by atoms with Crippen LogP contribution in [0.5, 0.6) is 5.75 Å². The molecule has 0 radical (unpaired) electrons. The molecule has 45 heavy (non-hydrogen) atoms. The summed E-state index contributed by atoms with van der Waals surface area (Å²) >= 11 is 7.20. The molecule has 1 aliphatic rings. The van der Waals surface area contributed by atoms with E-state index in [1.165, 1.54) is 28.0 Å². The number of halogens is 1. The topological polar surface area (TPSA) is 123 Å². The Balaban J connectivity index is 1.43. The van der Waals surface area contributed by atoms with Gasteiger partial charge in [-0.05, 0) is 74.0 Å². The number of nitrogens with zero attached hydrogens (tertiary/aromatic N) is 2. The lowest BCUT2D eigenvalue weighted by molar-refractivity contribution is -0.113. The first kappa shape index (κ1) is 29.9. The van der Waals surface area contributed by atoms with Crippen LogP contribution in [0.1, 0.15) is 41.6 Å². The van der Waals surface area contributed by atoms with E-state index in [-0.39, 0.29) is 22.1 Å². The number of thiazole rings is 1. The van der Waals surface area contributed by atoms with E-state index in [0.29, 0.717) is 55.7 Å². The van der Waals surface area contributed by atoms with Gasteiger partial charge in [0.05, 0.1) is 39.0 Å². The Morgan fingerprint density at radius 1 is 1.09 bits per heavy atom. The van der Waals surface area contributed by atoms with Gasteiger partial charge in [-0.1, -0.05) is 53.3 Å². The van der Waals surface area contributed by atoms with Gasteiger partial charge in [0.1, 0.15) is 17.3 Å². The highest BCUT2D eigenvalue weighted by Crippen LogP contribution is 2.32. The smallest absolute Gasteiger partial charge is 0.337 e. The van der Waals surface area contributed by atoms with Gasteiger partial charge in [0.25, 0.3) is 11.5 Å². The van der Waals surface area contributed by atoms with Gasteiger partial charge in [-0.3, -0.25) is 14.2 Å². The lowest BCUT2D eigenvalue weighted by atomic mass is 9.95.